The number of ketones is 1. The van der Waals surface area contributed by atoms with Crippen LogP contribution in [0.4, 0.5) is 0 Å². The molecule has 1 atom stereocenters. The van der Waals surface area contributed by atoms with Crippen molar-refractivity contribution in [3.05, 3.63) is 68.3 Å². The molecule has 0 saturated carbocycles. The van der Waals surface area contributed by atoms with Crippen molar-refractivity contribution in [3.63, 3.8) is 0 Å². The summed E-state index contributed by atoms with van der Waals surface area (Å²) in [5.41, 5.74) is 2.68. The van der Waals surface area contributed by atoms with Crippen LogP contribution in [0.5, 0.6) is 0 Å². The summed E-state index contributed by atoms with van der Waals surface area (Å²) < 4.78 is 10.2. The summed E-state index contributed by atoms with van der Waals surface area (Å²) >= 11 is 0. The van der Waals surface area contributed by atoms with Gasteiger partial charge in [-0.2, -0.15) is 0 Å². The average molecular weight is 328 g/mol. The molecule has 5 heteroatoms. The number of benzene rings is 1. The standard InChI is InChI=1S/C19H20O5/c1-10-6-7-15(8-11(10)2)18(21)14(5)24-19(22)17-12(3)9-16(20)23-13(17)4/h6-9,14H,1-5H3/t14-/m1/s1. The maximum Gasteiger partial charge on any atom is 0.342 e. The van der Waals surface area contributed by atoms with Gasteiger partial charge >= 0.3 is 11.6 Å². The van der Waals surface area contributed by atoms with Gasteiger partial charge in [0.05, 0.1) is 0 Å². The molecule has 0 aliphatic rings. The minimum absolute atomic E-state index is 0.175. The van der Waals surface area contributed by atoms with Gasteiger partial charge in [-0.3, -0.25) is 4.79 Å². The first-order valence-corrected chi connectivity index (χ1v) is 7.64. The number of Topliss-reactive ketones (excluding diaryl/α,β-unsaturated/α-hetero) is 1. The Balaban J connectivity index is 2.21. The predicted molar refractivity (Wildman–Crippen MR) is 89.6 cm³/mol. The lowest BCUT2D eigenvalue weighted by molar-refractivity contribution is 0.0314. The Labute approximate surface area is 140 Å². The lowest BCUT2D eigenvalue weighted by Crippen LogP contribution is -2.25. The Morgan fingerprint density at radius 3 is 2.25 bits per heavy atom. The van der Waals surface area contributed by atoms with Gasteiger partial charge in [-0.15, -0.1) is 0 Å². The van der Waals surface area contributed by atoms with Gasteiger partial charge in [-0.1, -0.05) is 12.1 Å². The molecule has 0 saturated heterocycles. The first kappa shape index (κ1) is 17.7. The number of hydrogen-bond acceptors (Lipinski definition) is 5. The molecule has 0 N–H and O–H groups in total. The topological polar surface area (TPSA) is 73.6 Å². The molecule has 24 heavy (non-hydrogen) atoms. The van der Waals surface area contributed by atoms with Gasteiger partial charge in [0.1, 0.15) is 11.3 Å². The molecule has 0 amide bonds. The number of esters is 1. The number of carbonyl (C=O) groups is 2. The molecular weight excluding hydrogens is 308 g/mol. The van der Waals surface area contributed by atoms with Crippen molar-refractivity contribution in [2.75, 3.05) is 0 Å². The highest BCUT2D eigenvalue weighted by Crippen LogP contribution is 2.16. The molecule has 126 valence electrons. The van der Waals surface area contributed by atoms with E-state index in [1.807, 2.05) is 19.9 Å². The normalized spacial score (nSPS) is 11.9. The summed E-state index contributed by atoms with van der Waals surface area (Å²) in [5, 5.41) is 0. The second-order valence-electron chi connectivity index (χ2n) is 5.89. The van der Waals surface area contributed by atoms with Gasteiger partial charge in [0.2, 0.25) is 5.78 Å². The molecule has 2 aromatic rings. The molecule has 0 fully saturated rings. The monoisotopic (exact) mass is 328 g/mol. The SMILES string of the molecule is Cc1ccc(C(=O)[C@@H](C)OC(=O)c2c(C)cc(=O)oc2C)cc1C. The average Bonchev–Trinajstić information content (AvgIpc) is 2.48. The van der Waals surface area contributed by atoms with E-state index in [0.29, 0.717) is 11.1 Å². The lowest BCUT2D eigenvalue weighted by Gasteiger charge is -2.14. The molecular formula is C19H20O5. The zero-order valence-electron chi connectivity index (χ0n) is 14.4. The molecule has 0 aliphatic heterocycles. The summed E-state index contributed by atoms with van der Waals surface area (Å²) in [4.78, 5) is 36.1. The fourth-order valence-electron chi connectivity index (χ4n) is 2.47. The molecule has 0 radical (unpaired) electrons. The quantitative estimate of drug-likeness (QED) is 0.636. The zero-order valence-corrected chi connectivity index (χ0v) is 14.4. The Hall–Kier alpha value is -2.69. The molecule has 0 aliphatic carbocycles. The first-order valence-electron chi connectivity index (χ1n) is 7.64. The van der Waals surface area contributed by atoms with Crippen molar-refractivity contribution >= 4 is 11.8 Å². The number of ether oxygens (including phenoxy) is 1. The van der Waals surface area contributed by atoms with Crippen molar-refractivity contribution in [3.8, 4) is 0 Å². The second-order valence-corrected chi connectivity index (χ2v) is 5.89. The molecule has 0 bridgehead atoms. The van der Waals surface area contributed by atoms with Gasteiger partial charge in [0.15, 0.2) is 6.10 Å². The number of hydrogen-bond donors (Lipinski definition) is 0. The van der Waals surface area contributed by atoms with Gasteiger partial charge in [0, 0.05) is 11.6 Å². The Morgan fingerprint density at radius 1 is 1.00 bits per heavy atom. The Kier molecular flexibility index (Phi) is 5.02. The highest BCUT2D eigenvalue weighted by molar-refractivity contribution is 6.01. The van der Waals surface area contributed by atoms with Crippen molar-refractivity contribution < 1.29 is 18.7 Å². The summed E-state index contributed by atoms with van der Waals surface area (Å²) in [6.45, 7) is 8.54. The van der Waals surface area contributed by atoms with E-state index in [2.05, 4.69) is 0 Å². The molecule has 1 heterocycles. The van der Waals surface area contributed by atoms with Crippen LogP contribution in [0, 0.1) is 27.7 Å². The molecule has 0 unspecified atom stereocenters. The third-order valence-electron chi connectivity index (χ3n) is 3.98. The Morgan fingerprint density at radius 2 is 1.67 bits per heavy atom. The molecule has 1 aromatic carbocycles. The molecule has 5 nitrogen and oxygen atoms in total. The number of aryl methyl sites for hydroxylation is 4. The van der Waals surface area contributed by atoms with Crippen LogP contribution in [0.3, 0.4) is 0 Å². The van der Waals surface area contributed by atoms with Crippen molar-refractivity contribution in [1.29, 1.82) is 0 Å². The number of carbonyl (C=O) groups excluding carboxylic acids is 2. The third-order valence-corrected chi connectivity index (χ3v) is 3.98. The zero-order chi connectivity index (χ0) is 18.0. The maximum atomic E-state index is 12.4. The van der Waals surface area contributed by atoms with Gasteiger partial charge in [-0.25, -0.2) is 9.59 Å². The van der Waals surface area contributed by atoms with E-state index in [9.17, 15) is 14.4 Å². The summed E-state index contributed by atoms with van der Waals surface area (Å²) in [6.07, 6.45) is -0.940. The minimum atomic E-state index is -0.940. The van der Waals surface area contributed by atoms with E-state index < -0.39 is 17.7 Å². The summed E-state index contributed by atoms with van der Waals surface area (Å²) in [6, 6.07) is 6.57. The van der Waals surface area contributed by atoms with Crippen LogP contribution >= 0.6 is 0 Å². The Bertz CT molecular complexity index is 834. The highest BCUT2D eigenvalue weighted by atomic mass is 16.5. The van der Waals surface area contributed by atoms with Crippen molar-refractivity contribution in [1.82, 2.24) is 0 Å². The van der Waals surface area contributed by atoms with Crippen LogP contribution in [0.2, 0.25) is 0 Å². The van der Waals surface area contributed by atoms with Gasteiger partial charge < -0.3 is 9.15 Å². The smallest absolute Gasteiger partial charge is 0.342 e. The van der Waals surface area contributed by atoms with E-state index in [1.54, 1.807) is 19.1 Å². The van der Waals surface area contributed by atoms with E-state index in [4.69, 9.17) is 9.15 Å². The van der Waals surface area contributed by atoms with Crippen LogP contribution < -0.4 is 5.63 Å². The predicted octanol–water partition coefficient (Wildman–Crippen LogP) is 3.30. The van der Waals surface area contributed by atoms with Crippen molar-refractivity contribution in [2.24, 2.45) is 0 Å². The van der Waals surface area contributed by atoms with Crippen LogP contribution in [-0.2, 0) is 4.74 Å². The van der Waals surface area contributed by atoms with E-state index >= 15 is 0 Å². The fourth-order valence-corrected chi connectivity index (χ4v) is 2.47. The van der Waals surface area contributed by atoms with E-state index in [0.717, 1.165) is 11.1 Å². The third kappa shape index (κ3) is 3.62. The molecule has 2 rings (SSSR count). The van der Waals surface area contributed by atoms with E-state index in [-0.39, 0.29) is 17.1 Å². The lowest BCUT2D eigenvalue weighted by atomic mass is 10.0. The minimum Gasteiger partial charge on any atom is -0.451 e. The second kappa shape index (κ2) is 6.83. The first-order chi connectivity index (χ1) is 11.2. The fraction of sp³-hybridized carbons (Fsp3) is 0.316. The maximum absolute atomic E-state index is 12.4. The number of rotatable bonds is 4. The molecule has 0 spiro atoms. The molecule has 1 aromatic heterocycles. The highest BCUT2D eigenvalue weighted by Gasteiger charge is 2.23. The van der Waals surface area contributed by atoms with Crippen LogP contribution in [0.1, 0.15) is 50.1 Å². The summed E-state index contributed by atoms with van der Waals surface area (Å²) in [7, 11) is 0. The van der Waals surface area contributed by atoms with Crippen LogP contribution in [0.25, 0.3) is 0 Å². The van der Waals surface area contributed by atoms with E-state index in [1.165, 1.54) is 19.9 Å². The largest absolute Gasteiger partial charge is 0.451 e. The van der Waals surface area contributed by atoms with Gasteiger partial charge in [-0.05, 0) is 57.4 Å². The van der Waals surface area contributed by atoms with Crippen molar-refractivity contribution in [2.45, 2.75) is 40.7 Å². The van der Waals surface area contributed by atoms with Gasteiger partial charge in [0.25, 0.3) is 0 Å². The summed E-state index contributed by atoms with van der Waals surface area (Å²) in [5.74, 6) is -0.784. The van der Waals surface area contributed by atoms with Crippen LogP contribution in [0.15, 0.2) is 33.5 Å². The van der Waals surface area contributed by atoms with Crippen LogP contribution in [-0.4, -0.2) is 17.9 Å².